The van der Waals surface area contributed by atoms with Crippen LogP contribution in [0.3, 0.4) is 0 Å². The van der Waals surface area contributed by atoms with E-state index < -0.39 is 0 Å². The summed E-state index contributed by atoms with van der Waals surface area (Å²) < 4.78 is 3.30. The third-order valence-corrected chi connectivity index (χ3v) is 3.69. The second-order valence-electron chi connectivity index (χ2n) is 4.07. The van der Waals surface area contributed by atoms with Gasteiger partial charge >= 0.3 is 4.87 Å². The fourth-order valence-electron chi connectivity index (χ4n) is 1.81. The van der Waals surface area contributed by atoms with E-state index in [2.05, 4.69) is 15.5 Å². The molecule has 3 rings (SSSR count). The number of rotatable bonds is 3. The number of nitrogens with zero attached hydrogens (tertiary/aromatic N) is 5. The molecule has 19 heavy (non-hydrogen) atoms. The van der Waals surface area contributed by atoms with Crippen LogP contribution in [-0.2, 0) is 6.54 Å². The van der Waals surface area contributed by atoms with Crippen LogP contribution in [0.5, 0.6) is 0 Å². The van der Waals surface area contributed by atoms with Crippen LogP contribution in [0, 0.1) is 6.92 Å². The molecule has 0 aliphatic heterocycles. The van der Waals surface area contributed by atoms with E-state index >= 15 is 0 Å². The molecule has 0 amide bonds. The summed E-state index contributed by atoms with van der Waals surface area (Å²) in [6.07, 6.45) is 0. The largest absolute Gasteiger partial charge is 0.307 e. The molecule has 7 heteroatoms. The van der Waals surface area contributed by atoms with E-state index in [0.717, 1.165) is 11.4 Å². The molecular formula is C12H11N5OS. The Bertz CT molecular complexity index is 743. The van der Waals surface area contributed by atoms with Crippen molar-refractivity contribution in [2.24, 2.45) is 0 Å². The molecule has 96 valence electrons. The Balaban J connectivity index is 2.00. The van der Waals surface area contributed by atoms with Crippen molar-refractivity contribution in [2.45, 2.75) is 13.5 Å². The number of para-hydroxylation sites is 1. The van der Waals surface area contributed by atoms with Gasteiger partial charge in [-0.25, -0.2) is 0 Å². The number of benzene rings is 1. The minimum Gasteiger partial charge on any atom is -0.296 e. The zero-order chi connectivity index (χ0) is 13.2. The third-order valence-electron chi connectivity index (χ3n) is 2.81. The normalized spacial score (nSPS) is 10.8. The van der Waals surface area contributed by atoms with Crippen LogP contribution in [0.15, 0.2) is 40.5 Å². The highest BCUT2D eigenvalue weighted by Gasteiger charge is 2.11. The first-order chi connectivity index (χ1) is 9.25. The lowest BCUT2D eigenvalue weighted by molar-refractivity contribution is 0.678. The van der Waals surface area contributed by atoms with Crippen molar-refractivity contribution >= 4 is 11.3 Å². The molecule has 3 aromatic rings. The highest BCUT2D eigenvalue weighted by molar-refractivity contribution is 7.07. The Kier molecular flexibility index (Phi) is 2.96. The second kappa shape index (κ2) is 4.77. The summed E-state index contributed by atoms with van der Waals surface area (Å²) in [5, 5.41) is 13.5. The summed E-state index contributed by atoms with van der Waals surface area (Å²) in [6, 6.07) is 9.61. The van der Waals surface area contributed by atoms with Crippen molar-refractivity contribution in [2.75, 3.05) is 0 Å². The van der Waals surface area contributed by atoms with E-state index in [9.17, 15) is 4.79 Å². The molecule has 0 saturated heterocycles. The van der Waals surface area contributed by atoms with E-state index in [-0.39, 0.29) is 4.87 Å². The minimum absolute atomic E-state index is 0.000103. The highest BCUT2D eigenvalue weighted by atomic mass is 32.1. The van der Waals surface area contributed by atoms with Crippen LogP contribution in [0.4, 0.5) is 0 Å². The van der Waals surface area contributed by atoms with E-state index in [0.29, 0.717) is 12.4 Å². The molecular weight excluding hydrogens is 262 g/mol. The van der Waals surface area contributed by atoms with E-state index in [1.54, 1.807) is 9.25 Å². The van der Waals surface area contributed by atoms with Crippen LogP contribution in [0.1, 0.15) is 11.5 Å². The molecule has 0 bridgehead atoms. The lowest BCUT2D eigenvalue weighted by atomic mass is 10.3. The van der Waals surface area contributed by atoms with Crippen molar-refractivity contribution in [1.29, 1.82) is 0 Å². The fraction of sp³-hybridized carbons (Fsp3) is 0.167. The molecule has 0 unspecified atom stereocenters. The van der Waals surface area contributed by atoms with Crippen molar-refractivity contribution in [3.63, 3.8) is 0 Å². The van der Waals surface area contributed by atoms with Gasteiger partial charge in [0.15, 0.2) is 5.82 Å². The fourth-order valence-corrected chi connectivity index (χ4v) is 2.55. The molecule has 0 spiro atoms. The lowest BCUT2D eigenvalue weighted by Crippen LogP contribution is -2.18. The quantitative estimate of drug-likeness (QED) is 0.720. The van der Waals surface area contributed by atoms with Crippen LogP contribution in [0.2, 0.25) is 0 Å². The monoisotopic (exact) mass is 273 g/mol. The number of thiazole rings is 1. The summed E-state index contributed by atoms with van der Waals surface area (Å²) in [4.78, 5) is 11.7. The van der Waals surface area contributed by atoms with Crippen LogP contribution < -0.4 is 4.87 Å². The van der Waals surface area contributed by atoms with Gasteiger partial charge in [0.1, 0.15) is 0 Å². The maximum atomic E-state index is 11.7. The van der Waals surface area contributed by atoms with E-state index in [1.165, 1.54) is 11.3 Å². The number of aromatic nitrogens is 5. The van der Waals surface area contributed by atoms with Gasteiger partial charge < -0.3 is 0 Å². The van der Waals surface area contributed by atoms with Gasteiger partial charge in [-0.1, -0.05) is 29.5 Å². The van der Waals surface area contributed by atoms with Crippen molar-refractivity contribution < 1.29 is 0 Å². The summed E-state index contributed by atoms with van der Waals surface area (Å²) >= 11 is 1.18. The summed E-state index contributed by atoms with van der Waals surface area (Å²) in [7, 11) is 0. The van der Waals surface area contributed by atoms with Crippen molar-refractivity contribution in [3.8, 4) is 5.69 Å². The van der Waals surface area contributed by atoms with Gasteiger partial charge in [0.05, 0.1) is 12.2 Å². The smallest absolute Gasteiger partial charge is 0.296 e. The molecule has 0 radical (unpaired) electrons. The van der Waals surface area contributed by atoms with Gasteiger partial charge in [-0.05, 0) is 29.5 Å². The Labute approximate surface area is 112 Å². The number of hydrogen-bond donors (Lipinski definition) is 0. The topological polar surface area (TPSA) is 65.6 Å². The van der Waals surface area contributed by atoms with E-state index in [4.69, 9.17) is 0 Å². The summed E-state index contributed by atoms with van der Waals surface area (Å²) in [5.41, 5.74) is 1.79. The van der Waals surface area contributed by atoms with Crippen LogP contribution in [0.25, 0.3) is 5.69 Å². The molecule has 0 aliphatic rings. The zero-order valence-corrected chi connectivity index (χ0v) is 11.0. The SMILES string of the molecule is Cc1csc(=O)n1Cc1nnnn1-c1ccccc1. The Morgan fingerprint density at radius 2 is 2.05 bits per heavy atom. The van der Waals surface area contributed by atoms with Gasteiger partial charge in [-0.15, -0.1) is 5.10 Å². The maximum Gasteiger partial charge on any atom is 0.307 e. The Hall–Kier alpha value is -2.28. The van der Waals surface area contributed by atoms with Gasteiger partial charge in [0.2, 0.25) is 0 Å². The first-order valence-corrected chi connectivity index (χ1v) is 6.61. The summed E-state index contributed by atoms with van der Waals surface area (Å²) in [5.74, 6) is 0.634. The molecule has 1 aromatic carbocycles. The molecule has 6 nitrogen and oxygen atoms in total. The number of hydrogen-bond acceptors (Lipinski definition) is 5. The van der Waals surface area contributed by atoms with Gasteiger partial charge in [-0.3, -0.25) is 9.36 Å². The molecule has 0 N–H and O–H groups in total. The maximum absolute atomic E-state index is 11.7. The Morgan fingerprint density at radius 1 is 1.26 bits per heavy atom. The zero-order valence-electron chi connectivity index (χ0n) is 10.2. The lowest BCUT2D eigenvalue weighted by Gasteiger charge is -2.05. The number of aryl methyl sites for hydroxylation is 1. The first kappa shape index (κ1) is 11.8. The van der Waals surface area contributed by atoms with Crippen molar-refractivity contribution in [1.82, 2.24) is 24.8 Å². The van der Waals surface area contributed by atoms with Crippen molar-refractivity contribution in [3.05, 3.63) is 56.9 Å². The second-order valence-corrected chi connectivity index (χ2v) is 4.89. The molecule has 0 saturated carbocycles. The molecule has 0 atom stereocenters. The van der Waals surface area contributed by atoms with Gasteiger partial charge in [0, 0.05) is 11.1 Å². The van der Waals surface area contributed by atoms with Crippen LogP contribution in [-0.4, -0.2) is 24.8 Å². The Morgan fingerprint density at radius 3 is 2.74 bits per heavy atom. The molecule has 2 heterocycles. The number of tetrazole rings is 1. The minimum atomic E-state index is 0.000103. The molecule has 2 aromatic heterocycles. The van der Waals surface area contributed by atoms with Gasteiger partial charge in [-0.2, -0.15) is 4.68 Å². The predicted molar refractivity (Wildman–Crippen MR) is 71.6 cm³/mol. The standard InChI is InChI=1S/C12H11N5OS/c1-9-8-19-12(18)16(9)7-11-13-14-15-17(11)10-5-3-2-4-6-10/h2-6,8H,7H2,1H3. The first-order valence-electron chi connectivity index (χ1n) is 5.73. The average molecular weight is 273 g/mol. The van der Waals surface area contributed by atoms with Crippen LogP contribution >= 0.6 is 11.3 Å². The molecule has 0 aliphatic carbocycles. The molecule has 0 fully saturated rings. The van der Waals surface area contributed by atoms with Gasteiger partial charge in [0.25, 0.3) is 0 Å². The van der Waals surface area contributed by atoms with E-state index in [1.807, 2.05) is 42.6 Å². The summed E-state index contributed by atoms with van der Waals surface area (Å²) in [6.45, 7) is 2.27. The average Bonchev–Trinajstić information content (AvgIpc) is 3.02. The third kappa shape index (κ3) is 2.19. The highest BCUT2D eigenvalue weighted by Crippen LogP contribution is 2.09. The predicted octanol–water partition coefficient (Wildman–Crippen LogP) is 1.24.